The van der Waals surface area contributed by atoms with E-state index >= 15 is 0 Å². The quantitative estimate of drug-likeness (QED) is 0.373. The van der Waals surface area contributed by atoms with Crippen LogP contribution in [-0.4, -0.2) is 37.2 Å². The van der Waals surface area contributed by atoms with E-state index in [0.29, 0.717) is 11.3 Å². The van der Waals surface area contributed by atoms with Crippen molar-refractivity contribution in [3.8, 4) is 22.4 Å². The number of anilines is 2. The van der Waals surface area contributed by atoms with Gasteiger partial charge >= 0.3 is 0 Å². The molecule has 164 valence electrons. The number of rotatable bonds is 8. The molecular weight excluding hydrogens is 400 g/mol. The van der Waals surface area contributed by atoms with Gasteiger partial charge in [0, 0.05) is 24.2 Å². The Bertz CT molecular complexity index is 1200. The fourth-order valence-electron chi connectivity index (χ4n) is 3.70. The highest BCUT2D eigenvalue weighted by Crippen LogP contribution is 2.29. The highest BCUT2D eigenvalue weighted by Gasteiger charge is 2.24. The molecule has 0 spiro atoms. The number of fused-ring (bicyclic) bond motifs is 1. The Hall–Kier alpha value is -3.58. The lowest BCUT2D eigenvalue weighted by atomic mass is 9.95. The van der Waals surface area contributed by atoms with E-state index < -0.39 is 5.54 Å². The second-order valence-electron chi connectivity index (χ2n) is 8.28. The molecule has 0 aliphatic rings. The highest BCUT2D eigenvalue weighted by molar-refractivity contribution is 5.91. The molecule has 0 aliphatic carbocycles. The van der Waals surface area contributed by atoms with Gasteiger partial charge in [0.05, 0.1) is 28.7 Å². The zero-order valence-electron chi connectivity index (χ0n) is 18.4. The predicted octanol–water partition coefficient (Wildman–Crippen LogP) is 4.69. The summed E-state index contributed by atoms with van der Waals surface area (Å²) >= 11 is 0. The molecule has 0 bridgehead atoms. The smallest absolute Gasteiger partial charge is 0.222 e. The van der Waals surface area contributed by atoms with Gasteiger partial charge in [-0.25, -0.2) is 4.98 Å². The highest BCUT2D eigenvalue weighted by atomic mass is 16.3. The second kappa shape index (κ2) is 9.28. The van der Waals surface area contributed by atoms with E-state index in [1.165, 1.54) is 0 Å². The number of nitrogens with one attached hydrogen (secondary N) is 1. The minimum Gasteiger partial charge on any atom is -0.394 e. The topological polar surface area (TPSA) is 110 Å². The van der Waals surface area contributed by atoms with E-state index in [-0.39, 0.29) is 12.6 Å². The third kappa shape index (κ3) is 4.68. The molecule has 0 fully saturated rings. The van der Waals surface area contributed by atoms with Crippen LogP contribution in [0.4, 0.5) is 11.8 Å². The minimum absolute atomic E-state index is 0.00675. The monoisotopic (exact) mass is 428 g/mol. The first-order valence-electron chi connectivity index (χ1n) is 10.8. The maximum absolute atomic E-state index is 9.96. The normalized spacial score (nSPS) is 13.1. The summed E-state index contributed by atoms with van der Waals surface area (Å²) in [5.41, 5.74) is 10.2. The van der Waals surface area contributed by atoms with Crippen molar-refractivity contribution >= 4 is 22.7 Å². The van der Waals surface area contributed by atoms with E-state index in [4.69, 9.17) is 5.73 Å². The molecule has 4 aromatic rings. The minimum atomic E-state index is -0.496. The predicted molar refractivity (Wildman–Crippen MR) is 129 cm³/mol. The van der Waals surface area contributed by atoms with Gasteiger partial charge < -0.3 is 16.2 Å². The number of nitrogens with two attached hydrogens (primary N) is 1. The molecule has 0 radical (unpaired) electrons. The molecule has 7 heteroatoms. The van der Waals surface area contributed by atoms with Crippen molar-refractivity contribution in [2.75, 3.05) is 17.7 Å². The Morgan fingerprint density at radius 3 is 2.50 bits per heavy atom. The zero-order chi connectivity index (χ0) is 22.6. The van der Waals surface area contributed by atoms with Gasteiger partial charge in [0.15, 0.2) is 0 Å². The van der Waals surface area contributed by atoms with Gasteiger partial charge in [-0.1, -0.05) is 50.1 Å². The number of hydrogen-bond donors (Lipinski definition) is 3. The van der Waals surface area contributed by atoms with Crippen LogP contribution in [0.15, 0.2) is 61.1 Å². The maximum Gasteiger partial charge on any atom is 0.222 e. The molecule has 0 amide bonds. The number of unbranched alkanes of at least 4 members (excludes halogenated alkanes) is 1. The first-order valence-corrected chi connectivity index (χ1v) is 10.8. The van der Waals surface area contributed by atoms with Gasteiger partial charge in [-0.15, -0.1) is 0 Å². The molecule has 3 aromatic heterocycles. The summed E-state index contributed by atoms with van der Waals surface area (Å²) in [6.45, 7) is 4.11. The molecule has 4 rings (SSSR count). The molecule has 0 saturated carbocycles. The van der Waals surface area contributed by atoms with E-state index in [2.05, 4.69) is 44.3 Å². The summed E-state index contributed by atoms with van der Waals surface area (Å²) in [5.74, 6) is 0.769. The molecule has 0 saturated heterocycles. The third-order valence-corrected chi connectivity index (χ3v) is 5.63. The molecule has 0 unspecified atom stereocenters. The fraction of sp³-hybridized carbons (Fsp3) is 0.280. The van der Waals surface area contributed by atoms with Crippen LogP contribution >= 0.6 is 0 Å². The first-order chi connectivity index (χ1) is 15.5. The zero-order valence-corrected chi connectivity index (χ0v) is 18.4. The molecular formula is C25H28N6O. The van der Waals surface area contributed by atoms with Gasteiger partial charge in [-0.3, -0.25) is 9.97 Å². The van der Waals surface area contributed by atoms with Crippen molar-refractivity contribution in [3.05, 3.63) is 61.1 Å². The number of pyridine rings is 2. The molecule has 4 N–H and O–H groups in total. The SMILES string of the molecule is CCCC[C@](C)(CO)Nc1nc(N)nc2cc(-c3ccc(-c4cccnc4)cc3)ncc12. The van der Waals surface area contributed by atoms with Gasteiger partial charge in [0.25, 0.3) is 0 Å². The van der Waals surface area contributed by atoms with Crippen molar-refractivity contribution < 1.29 is 5.11 Å². The Labute approximate surface area is 187 Å². The van der Waals surface area contributed by atoms with Crippen LogP contribution in [0.25, 0.3) is 33.3 Å². The average Bonchev–Trinajstić information content (AvgIpc) is 2.83. The fourth-order valence-corrected chi connectivity index (χ4v) is 3.70. The summed E-state index contributed by atoms with van der Waals surface area (Å²) in [6.07, 6.45) is 8.24. The van der Waals surface area contributed by atoms with Crippen molar-refractivity contribution in [1.29, 1.82) is 0 Å². The Morgan fingerprint density at radius 2 is 1.81 bits per heavy atom. The Balaban J connectivity index is 1.66. The largest absolute Gasteiger partial charge is 0.394 e. The van der Waals surface area contributed by atoms with E-state index in [9.17, 15) is 5.11 Å². The first kappa shape index (κ1) is 21.6. The molecule has 0 aliphatic heterocycles. The van der Waals surface area contributed by atoms with Crippen LogP contribution in [0.3, 0.4) is 0 Å². The lowest BCUT2D eigenvalue weighted by Gasteiger charge is -2.29. The number of aromatic nitrogens is 4. The summed E-state index contributed by atoms with van der Waals surface area (Å²) < 4.78 is 0. The van der Waals surface area contributed by atoms with Crippen molar-refractivity contribution in [3.63, 3.8) is 0 Å². The van der Waals surface area contributed by atoms with Crippen molar-refractivity contribution in [1.82, 2.24) is 19.9 Å². The van der Waals surface area contributed by atoms with Crippen LogP contribution in [0.5, 0.6) is 0 Å². The van der Waals surface area contributed by atoms with Gasteiger partial charge in [-0.2, -0.15) is 4.98 Å². The standard InChI is InChI=1S/C25H28N6O/c1-3-4-11-25(2,16-32)31-23-20-15-28-21(13-22(20)29-24(26)30-23)18-9-7-17(8-10-18)19-6-5-12-27-14-19/h5-10,12-15,32H,3-4,11,16H2,1-2H3,(H3,26,29,30,31)/t25-/m1/s1. The number of aliphatic hydroxyl groups is 1. The van der Waals surface area contributed by atoms with Crippen molar-refractivity contribution in [2.24, 2.45) is 0 Å². The summed E-state index contributed by atoms with van der Waals surface area (Å²) in [5, 5.41) is 14.1. The number of aliphatic hydroxyl groups excluding tert-OH is 1. The van der Waals surface area contributed by atoms with E-state index in [1.54, 1.807) is 12.4 Å². The van der Waals surface area contributed by atoms with Crippen LogP contribution in [0.2, 0.25) is 0 Å². The Morgan fingerprint density at radius 1 is 1.03 bits per heavy atom. The average molecular weight is 429 g/mol. The third-order valence-electron chi connectivity index (χ3n) is 5.63. The van der Waals surface area contributed by atoms with Gasteiger partial charge in [0.2, 0.25) is 5.95 Å². The van der Waals surface area contributed by atoms with Crippen molar-refractivity contribution in [2.45, 2.75) is 38.6 Å². The van der Waals surface area contributed by atoms with Gasteiger partial charge in [0.1, 0.15) is 5.82 Å². The number of benzene rings is 1. The molecule has 1 atom stereocenters. The van der Waals surface area contributed by atoms with Crippen LogP contribution < -0.4 is 11.1 Å². The summed E-state index contributed by atoms with van der Waals surface area (Å²) in [7, 11) is 0. The van der Waals surface area contributed by atoms with Crippen LogP contribution in [0, 0.1) is 0 Å². The lowest BCUT2D eigenvalue weighted by molar-refractivity contribution is 0.212. The molecule has 32 heavy (non-hydrogen) atoms. The van der Waals surface area contributed by atoms with E-state index in [0.717, 1.165) is 47.0 Å². The maximum atomic E-state index is 9.96. The summed E-state index contributed by atoms with van der Waals surface area (Å²) in [6, 6.07) is 14.1. The van der Waals surface area contributed by atoms with E-state index in [1.807, 2.05) is 43.5 Å². The molecule has 3 heterocycles. The number of nitrogens with zero attached hydrogens (tertiary/aromatic N) is 4. The molecule has 7 nitrogen and oxygen atoms in total. The number of nitrogen functional groups attached to an aromatic ring is 1. The van der Waals surface area contributed by atoms with Gasteiger partial charge in [-0.05, 0) is 36.6 Å². The van der Waals surface area contributed by atoms with Crippen LogP contribution in [-0.2, 0) is 0 Å². The second-order valence-corrected chi connectivity index (χ2v) is 8.28. The summed E-state index contributed by atoms with van der Waals surface area (Å²) in [4.78, 5) is 17.6. The molecule has 1 aromatic carbocycles. The Kier molecular flexibility index (Phi) is 6.28. The lowest BCUT2D eigenvalue weighted by Crippen LogP contribution is -2.39. The van der Waals surface area contributed by atoms with Crippen LogP contribution in [0.1, 0.15) is 33.1 Å². The number of hydrogen-bond acceptors (Lipinski definition) is 7.